The molecule has 0 saturated heterocycles. The molecule has 0 amide bonds. The van der Waals surface area contributed by atoms with E-state index >= 15 is 0 Å². The molecule has 0 fully saturated rings. The number of halogens is 1. The van der Waals surface area contributed by atoms with Crippen molar-refractivity contribution >= 4 is 26.3 Å². The SMILES string of the molecule is CC(C)(C)Oc1cccc(-c2cnc(P)c(Cl)c2-c2cccc(OC(C)(C)C)c2)c1. The van der Waals surface area contributed by atoms with Gasteiger partial charge in [-0.3, -0.25) is 4.98 Å². The third-order valence-corrected chi connectivity index (χ3v) is 5.17. The molecule has 0 aliphatic heterocycles. The summed E-state index contributed by atoms with van der Waals surface area (Å²) in [6.45, 7) is 12.2. The van der Waals surface area contributed by atoms with Crippen molar-refractivity contribution in [2.75, 3.05) is 0 Å². The van der Waals surface area contributed by atoms with E-state index in [0.717, 1.165) is 33.8 Å². The van der Waals surface area contributed by atoms with Gasteiger partial charge in [-0.25, -0.2) is 0 Å². The van der Waals surface area contributed by atoms with E-state index in [4.69, 9.17) is 21.1 Å². The molecular weight excluding hydrogens is 413 g/mol. The van der Waals surface area contributed by atoms with Crippen molar-refractivity contribution in [3.8, 4) is 33.8 Å². The van der Waals surface area contributed by atoms with E-state index in [-0.39, 0.29) is 11.2 Å². The van der Waals surface area contributed by atoms with Gasteiger partial charge in [0.1, 0.15) is 22.7 Å². The molecule has 0 aliphatic carbocycles. The van der Waals surface area contributed by atoms with Crippen molar-refractivity contribution < 1.29 is 9.47 Å². The fourth-order valence-electron chi connectivity index (χ4n) is 3.15. The van der Waals surface area contributed by atoms with Crippen LogP contribution in [0.1, 0.15) is 41.5 Å². The van der Waals surface area contributed by atoms with Crippen LogP contribution >= 0.6 is 20.8 Å². The van der Waals surface area contributed by atoms with Crippen molar-refractivity contribution in [3.05, 3.63) is 59.8 Å². The first-order chi connectivity index (χ1) is 13.9. The zero-order valence-electron chi connectivity index (χ0n) is 18.4. The quantitative estimate of drug-likeness (QED) is 0.411. The Morgan fingerprint density at radius 2 is 1.30 bits per heavy atom. The van der Waals surface area contributed by atoms with Gasteiger partial charge in [-0.05, 0) is 76.9 Å². The fraction of sp³-hybridized carbons (Fsp3) is 0.320. The number of rotatable bonds is 4. The van der Waals surface area contributed by atoms with Gasteiger partial charge in [-0.2, -0.15) is 0 Å². The lowest BCUT2D eigenvalue weighted by Gasteiger charge is -2.23. The smallest absolute Gasteiger partial charge is 0.120 e. The highest BCUT2D eigenvalue weighted by Crippen LogP contribution is 2.39. The summed E-state index contributed by atoms with van der Waals surface area (Å²) in [4.78, 5) is 4.49. The molecule has 0 aliphatic rings. The number of hydrogen-bond donors (Lipinski definition) is 0. The van der Waals surface area contributed by atoms with E-state index in [0.29, 0.717) is 10.5 Å². The van der Waals surface area contributed by atoms with Crippen LogP contribution in [0.3, 0.4) is 0 Å². The number of hydrogen-bond acceptors (Lipinski definition) is 3. The topological polar surface area (TPSA) is 31.4 Å². The maximum Gasteiger partial charge on any atom is 0.120 e. The molecule has 0 spiro atoms. The van der Waals surface area contributed by atoms with E-state index in [2.05, 4.69) is 14.2 Å². The molecule has 30 heavy (non-hydrogen) atoms. The van der Waals surface area contributed by atoms with Crippen molar-refractivity contribution in [1.82, 2.24) is 4.98 Å². The first-order valence-electron chi connectivity index (χ1n) is 9.96. The number of nitrogens with zero attached hydrogens (tertiary/aromatic N) is 1. The Labute approximate surface area is 187 Å². The molecule has 158 valence electrons. The Kier molecular flexibility index (Phi) is 6.45. The maximum atomic E-state index is 6.76. The van der Waals surface area contributed by atoms with Crippen LogP contribution in [0.5, 0.6) is 11.5 Å². The van der Waals surface area contributed by atoms with Gasteiger partial charge in [-0.15, -0.1) is 0 Å². The van der Waals surface area contributed by atoms with Crippen molar-refractivity contribution in [3.63, 3.8) is 0 Å². The number of ether oxygens (including phenoxy) is 2. The van der Waals surface area contributed by atoms with E-state index in [1.165, 1.54) is 0 Å². The van der Waals surface area contributed by atoms with Crippen LogP contribution in [0.2, 0.25) is 5.02 Å². The van der Waals surface area contributed by atoms with Gasteiger partial charge in [0.25, 0.3) is 0 Å². The summed E-state index contributed by atoms with van der Waals surface area (Å²) in [7, 11) is 2.61. The summed E-state index contributed by atoms with van der Waals surface area (Å²) in [5, 5.41) is 0.604. The molecule has 3 rings (SSSR count). The zero-order chi connectivity index (χ0) is 22.1. The molecule has 1 atom stereocenters. The van der Waals surface area contributed by atoms with Gasteiger partial charge in [0.05, 0.1) is 10.5 Å². The highest BCUT2D eigenvalue weighted by molar-refractivity contribution is 7.27. The molecule has 5 heteroatoms. The largest absolute Gasteiger partial charge is 0.488 e. The minimum absolute atomic E-state index is 0.278. The van der Waals surface area contributed by atoms with Crippen LogP contribution in [0.15, 0.2) is 54.7 Å². The molecule has 0 saturated carbocycles. The average Bonchev–Trinajstić information content (AvgIpc) is 2.61. The second-order valence-electron chi connectivity index (χ2n) is 9.23. The van der Waals surface area contributed by atoms with E-state index in [1.54, 1.807) is 0 Å². The highest BCUT2D eigenvalue weighted by Gasteiger charge is 2.18. The van der Waals surface area contributed by atoms with Crippen LogP contribution in [0.25, 0.3) is 22.3 Å². The molecule has 0 bridgehead atoms. The van der Waals surface area contributed by atoms with Crippen LogP contribution in [0.4, 0.5) is 0 Å². The fourth-order valence-corrected chi connectivity index (χ4v) is 3.63. The zero-order valence-corrected chi connectivity index (χ0v) is 20.3. The summed E-state index contributed by atoms with van der Waals surface area (Å²) in [5.41, 5.74) is 3.98. The normalized spacial score (nSPS) is 12.0. The third kappa shape index (κ3) is 5.74. The van der Waals surface area contributed by atoms with Crippen molar-refractivity contribution in [2.24, 2.45) is 0 Å². The summed E-state index contributed by atoms with van der Waals surface area (Å²) in [6.07, 6.45) is 1.86. The van der Waals surface area contributed by atoms with E-state index in [9.17, 15) is 0 Å². The molecule has 3 aromatic rings. The lowest BCUT2D eigenvalue weighted by Crippen LogP contribution is -2.23. The molecule has 0 N–H and O–H groups in total. The second-order valence-corrected chi connectivity index (χ2v) is 10.2. The molecular formula is C25H29ClNO2P. The van der Waals surface area contributed by atoms with Crippen molar-refractivity contribution in [1.29, 1.82) is 0 Å². The Hall–Kier alpha value is -2.09. The van der Waals surface area contributed by atoms with Crippen LogP contribution in [-0.2, 0) is 0 Å². The van der Waals surface area contributed by atoms with Crippen LogP contribution in [-0.4, -0.2) is 16.2 Å². The van der Waals surface area contributed by atoms with E-state index < -0.39 is 0 Å². The van der Waals surface area contributed by atoms with E-state index in [1.807, 2.05) is 96.3 Å². The predicted molar refractivity (Wildman–Crippen MR) is 130 cm³/mol. The standard InChI is InChI=1S/C25H29ClNO2P/c1-24(2,3)28-18-11-7-9-16(13-18)20-15-27-23(30)22(26)21(20)17-10-8-12-19(14-17)29-25(4,5)6/h7-15H,30H2,1-6H3. The summed E-state index contributed by atoms with van der Waals surface area (Å²) in [6, 6.07) is 16.0. The highest BCUT2D eigenvalue weighted by atomic mass is 35.5. The summed E-state index contributed by atoms with van der Waals surface area (Å²) < 4.78 is 12.1. The van der Waals surface area contributed by atoms with Gasteiger partial charge in [0, 0.05) is 17.3 Å². The van der Waals surface area contributed by atoms with Gasteiger partial charge < -0.3 is 9.47 Å². The van der Waals surface area contributed by atoms with Gasteiger partial charge in [0.2, 0.25) is 0 Å². The van der Waals surface area contributed by atoms with Crippen LogP contribution in [0, 0.1) is 0 Å². The van der Waals surface area contributed by atoms with Crippen molar-refractivity contribution in [2.45, 2.75) is 52.7 Å². The molecule has 3 nitrogen and oxygen atoms in total. The van der Waals surface area contributed by atoms with Gasteiger partial charge in [0.15, 0.2) is 0 Å². The Balaban J connectivity index is 2.13. The minimum Gasteiger partial charge on any atom is -0.488 e. The Morgan fingerprint density at radius 3 is 1.83 bits per heavy atom. The molecule has 1 heterocycles. The first-order valence-corrected chi connectivity index (χ1v) is 10.9. The Morgan fingerprint density at radius 1 is 0.800 bits per heavy atom. The first kappa shape index (κ1) is 22.6. The predicted octanol–water partition coefficient (Wildman–Crippen LogP) is 6.92. The lowest BCUT2D eigenvalue weighted by atomic mass is 9.96. The third-order valence-electron chi connectivity index (χ3n) is 4.16. The second kappa shape index (κ2) is 8.57. The lowest BCUT2D eigenvalue weighted by molar-refractivity contribution is 0.130. The monoisotopic (exact) mass is 441 g/mol. The summed E-state index contributed by atoms with van der Waals surface area (Å²) >= 11 is 6.76. The molecule has 1 unspecified atom stereocenters. The summed E-state index contributed by atoms with van der Waals surface area (Å²) in [5.74, 6) is 1.61. The maximum absolute atomic E-state index is 6.76. The van der Waals surface area contributed by atoms with Crippen LogP contribution < -0.4 is 14.9 Å². The number of pyridine rings is 1. The van der Waals surface area contributed by atoms with Gasteiger partial charge >= 0.3 is 0 Å². The minimum atomic E-state index is -0.284. The van der Waals surface area contributed by atoms with Gasteiger partial charge in [-0.1, -0.05) is 45.1 Å². The number of benzene rings is 2. The molecule has 2 aromatic carbocycles. The Bertz CT molecular complexity index is 1050. The molecule has 0 radical (unpaired) electrons. The molecule has 1 aromatic heterocycles. The average molecular weight is 442 g/mol. The number of aromatic nitrogens is 1.